The minimum Gasteiger partial charge on any atom is -0.347 e. The van der Waals surface area contributed by atoms with Crippen LogP contribution in [0.15, 0.2) is 22.7 Å². The second kappa shape index (κ2) is 6.69. The van der Waals surface area contributed by atoms with Crippen molar-refractivity contribution in [3.05, 3.63) is 34.0 Å². The average Bonchev–Trinajstić information content (AvgIpc) is 3.03. The Labute approximate surface area is 129 Å². The predicted molar refractivity (Wildman–Crippen MR) is 83.6 cm³/mol. The maximum atomic E-state index is 12.5. The van der Waals surface area contributed by atoms with Gasteiger partial charge >= 0.3 is 0 Å². The molecule has 2 rings (SSSR count). The Balaban J connectivity index is 2.16. The number of imidazole rings is 1. The van der Waals surface area contributed by atoms with Gasteiger partial charge in [0, 0.05) is 29.9 Å². The van der Waals surface area contributed by atoms with Crippen LogP contribution in [0.1, 0.15) is 30.1 Å². The summed E-state index contributed by atoms with van der Waals surface area (Å²) < 4.78 is 27.6. The van der Waals surface area contributed by atoms with Crippen molar-refractivity contribution in [3.8, 4) is 0 Å². The average molecular weight is 328 g/mol. The van der Waals surface area contributed by atoms with Gasteiger partial charge in [0.15, 0.2) is 0 Å². The summed E-state index contributed by atoms with van der Waals surface area (Å²) in [4.78, 5) is 8.10. The van der Waals surface area contributed by atoms with E-state index in [1.54, 1.807) is 12.4 Å². The van der Waals surface area contributed by atoms with Gasteiger partial charge in [0.05, 0.1) is 6.54 Å². The van der Waals surface area contributed by atoms with Crippen LogP contribution in [-0.4, -0.2) is 24.4 Å². The van der Waals surface area contributed by atoms with E-state index in [0.29, 0.717) is 23.3 Å². The van der Waals surface area contributed by atoms with Gasteiger partial charge in [-0.1, -0.05) is 13.8 Å². The van der Waals surface area contributed by atoms with E-state index in [4.69, 9.17) is 0 Å². The van der Waals surface area contributed by atoms with Crippen LogP contribution in [0.5, 0.6) is 0 Å². The second-order valence-corrected chi connectivity index (χ2v) is 7.74. The number of nitrogens with zero attached hydrogens (tertiary/aromatic N) is 1. The van der Waals surface area contributed by atoms with Crippen LogP contribution in [0.2, 0.25) is 0 Å². The van der Waals surface area contributed by atoms with Crippen LogP contribution in [0.3, 0.4) is 0 Å². The molecule has 8 heteroatoms. The number of aryl methyl sites for hydroxylation is 1. The van der Waals surface area contributed by atoms with Gasteiger partial charge in [-0.25, -0.2) is 18.1 Å². The lowest BCUT2D eigenvalue weighted by Crippen LogP contribution is -2.27. The maximum Gasteiger partial charge on any atom is 0.242 e. The Morgan fingerprint density at radius 3 is 2.76 bits per heavy atom. The summed E-state index contributed by atoms with van der Waals surface area (Å²) in [5, 5.41) is 5.13. The Bertz CT molecular complexity index is 675. The summed E-state index contributed by atoms with van der Waals surface area (Å²) in [7, 11) is -3.54. The lowest BCUT2D eigenvalue weighted by atomic mass is 10.3. The van der Waals surface area contributed by atoms with Crippen molar-refractivity contribution in [1.82, 2.24) is 20.0 Å². The lowest BCUT2D eigenvalue weighted by molar-refractivity contribution is 0.569. The van der Waals surface area contributed by atoms with E-state index in [0.717, 1.165) is 10.4 Å². The Morgan fingerprint density at radius 1 is 1.38 bits per heavy atom. The monoisotopic (exact) mass is 328 g/mol. The lowest BCUT2D eigenvalue weighted by Gasteiger charge is -2.11. The number of aromatic nitrogens is 2. The molecule has 0 unspecified atom stereocenters. The topological polar surface area (TPSA) is 86.9 Å². The first-order chi connectivity index (χ1) is 9.90. The molecule has 6 nitrogen and oxygen atoms in total. The Kier molecular flexibility index (Phi) is 5.15. The number of hydrogen-bond acceptors (Lipinski definition) is 5. The van der Waals surface area contributed by atoms with E-state index in [2.05, 4.69) is 20.0 Å². The summed E-state index contributed by atoms with van der Waals surface area (Å²) >= 11 is 1.46. The zero-order chi connectivity index (χ0) is 15.5. The van der Waals surface area contributed by atoms with Gasteiger partial charge < -0.3 is 10.3 Å². The molecule has 2 heterocycles. The molecular formula is C13H20N4O2S2. The second-order valence-electron chi connectivity index (χ2n) is 5.07. The molecule has 3 N–H and O–H groups in total. The van der Waals surface area contributed by atoms with E-state index >= 15 is 0 Å². The van der Waals surface area contributed by atoms with Crippen molar-refractivity contribution in [1.29, 1.82) is 0 Å². The third kappa shape index (κ3) is 4.13. The molecular weight excluding hydrogens is 308 g/mol. The molecule has 2 aromatic heterocycles. The number of aromatic amines is 1. The molecule has 2 aromatic rings. The molecule has 0 aliphatic heterocycles. The normalized spacial score (nSPS) is 12.2. The molecule has 0 atom stereocenters. The molecule has 0 saturated heterocycles. The van der Waals surface area contributed by atoms with Crippen molar-refractivity contribution in [3.63, 3.8) is 0 Å². The van der Waals surface area contributed by atoms with Gasteiger partial charge in [0.2, 0.25) is 10.0 Å². The van der Waals surface area contributed by atoms with E-state index in [1.807, 2.05) is 26.2 Å². The van der Waals surface area contributed by atoms with E-state index in [1.165, 1.54) is 11.3 Å². The summed E-state index contributed by atoms with van der Waals surface area (Å²) in [5.74, 6) is 0.591. The molecule has 0 aromatic carbocycles. The Hall–Kier alpha value is -1.22. The summed E-state index contributed by atoms with van der Waals surface area (Å²) in [6.07, 6.45) is 3.26. The fraction of sp³-hybridized carbons (Fsp3) is 0.462. The highest BCUT2D eigenvalue weighted by Gasteiger charge is 2.23. The molecule has 0 spiro atoms. The molecule has 0 amide bonds. The predicted octanol–water partition coefficient (Wildman–Crippen LogP) is 1.76. The van der Waals surface area contributed by atoms with Crippen LogP contribution in [0, 0.1) is 6.92 Å². The van der Waals surface area contributed by atoms with Crippen LogP contribution < -0.4 is 10.0 Å². The van der Waals surface area contributed by atoms with Gasteiger partial charge in [-0.3, -0.25) is 0 Å². The van der Waals surface area contributed by atoms with Crippen molar-refractivity contribution in [2.24, 2.45) is 0 Å². The zero-order valence-electron chi connectivity index (χ0n) is 12.3. The van der Waals surface area contributed by atoms with Crippen molar-refractivity contribution < 1.29 is 8.42 Å². The molecule has 0 radical (unpaired) electrons. The quantitative estimate of drug-likeness (QED) is 0.723. The van der Waals surface area contributed by atoms with Crippen LogP contribution in [0.25, 0.3) is 0 Å². The minimum atomic E-state index is -3.54. The van der Waals surface area contributed by atoms with Gasteiger partial charge in [-0.15, -0.1) is 11.3 Å². The summed E-state index contributed by atoms with van der Waals surface area (Å²) in [5.41, 5.74) is 0.771. The highest BCUT2D eigenvalue weighted by Crippen LogP contribution is 2.26. The summed E-state index contributed by atoms with van der Waals surface area (Å²) in [6.45, 7) is 6.58. The number of nitrogens with one attached hydrogen (secondary N) is 3. The van der Waals surface area contributed by atoms with E-state index in [-0.39, 0.29) is 6.54 Å². The highest BCUT2D eigenvalue weighted by molar-refractivity contribution is 7.89. The number of thiophene rings is 1. The van der Waals surface area contributed by atoms with Gasteiger partial charge in [-0.05, 0) is 17.9 Å². The highest BCUT2D eigenvalue weighted by atomic mass is 32.2. The van der Waals surface area contributed by atoms with Gasteiger partial charge in [0.1, 0.15) is 10.7 Å². The van der Waals surface area contributed by atoms with Crippen molar-refractivity contribution in [2.45, 2.75) is 44.8 Å². The number of hydrogen-bond donors (Lipinski definition) is 3. The molecule has 0 fully saturated rings. The molecule has 0 aliphatic carbocycles. The largest absolute Gasteiger partial charge is 0.347 e. The molecule has 0 saturated carbocycles. The number of rotatable bonds is 7. The Morgan fingerprint density at radius 2 is 2.14 bits per heavy atom. The smallest absolute Gasteiger partial charge is 0.242 e. The first-order valence-corrected chi connectivity index (χ1v) is 9.04. The fourth-order valence-corrected chi connectivity index (χ4v) is 4.64. The van der Waals surface area contributed by atoms with Gasteiger partial charge in [-0.2, -0.15) is 0 Å². The molecule has 0 bridgehead atoms. The van der Waals surface area contributed by atoms with Crippen molar-refractivity contribution >= 4 is 21.4 Å². The minimum absolute atomic E-state index is 0.154. The van der Waals surface area contributed by atoms with E-state index < -0.39 is 10.0 Å². The van der Waals surface area contributed by atoms with Crippen molar-refractivity contribution in [2.75, 3.05) is 0 Å². The zero-order valence-corrected chi connectivity index (χ0v) is 13.9. The fourth-order valence-electron chi connectivity index (χ4n) is 1.90. The number of sulfonamides is 1. The third-order valence-corrected chi connectivity index (χ3v) is 5.78. The standard InChI is InChI=1S/C13H20N4O2S2/c1-9(2)16-6-11-13(10(3)8-20-11)21(18,19)17-7-12-14-4-5-15-12/h4-5,8-9,16-17H,6-7H2,1-3H3,(H,14,15). The van der Waals surface area contributed by atoms with Crippen LogP contribution in [0.4, 0.5) is 0 Å². The van der Waals surface area contributed by atoms with Crippen LogP contribution in [-0.2, 0) is 23.1 Å². The molecule has 21 heavy (non-hydrogen) atoms. The number of H-pyrrole nitrogens is 1. The van der Waals surface area contributed by atoms with Gasteiger partial charge in [0.25, 0.3) is 0 Å². The van der Waals surface area contributed by atoms with Crippen LogP contribution >= 0.6 is 11.3 Å². The molecule has 116 valence electrons. The first-order valence-electron chi connectivity index (χ1n) is 6.68. The first kappa shape index (κ1) is 16.2. The summed E-state index contributed by atoms with van der Waals surface area (Å²) in [6, 6.07) is 0.305. The molecule has 0 aliphatic rings. The third-order valence-electron chi connectivity index (χ3n) is 2.91. The maximum absolute atomic E-state index is 12.5. The van der Waals surface area contributed by atoms with E-state index in [9.17, 15) is 8.42 Å². The SMILES string of the molecule is Cc1csc(CNC(C)C)c1S(=O)(=O)NCc1ncc[nH]1.